The van der Waals surface area contributed by atoms with Gasteiger partial charge in [0, 0.05) is 17.8 Å². The number of aryl methyl sites for hydroxylation is 1. The number of hydrogen-bond donors (Lipinski definition) is 2. The molecule has 0 aliphatic carbocycles. The summed E-state index contributed by atoms with van der Waals surface area (Å²) in [4.78, 5) is 35.7. The minimum absolute atomic E-state index is 0.175. The van der Waals surface area contributed by atoms with Crippen molar-refractivity contribution in [1.29, 1.82) is 0 Å². The molecule has 0 spiro atoms. The standard InChI is InChI=1S/C22H30ClN5O2/c1-4-6-11-28(5-2)12-7-10-24-21(29)18-13-17(23)8-9-19(18)27-22(30)20-15-25-16(3)14-26-20/h8-9,13-15H,4-7,10-12H2,1-3H3,(H,24,29)(H,27,30). The number of aromatic nitrogens is 2. The molecule has 2 rings (SSSR count). The van der Waals surface area contributed by atoms with E-state index in [1.165, 1.54) is 25.2 Å². The van der Waals surface area contributed by atoms with Crippen LogP contribution >= 0.6 is 11.6 Å². The number of unbranched alkanes of at least 4 members (excludes halogenated alkanes) is 1. The fourth-order valence-electron chi connectivity index (χ4n) is 2.92. The molecule has 0 unspecified atom stereocenters. The molecule has 2 N–H and O–H groups in total. The molecule has 0 radical (unpaired) electrons. The molecule has 0 aliphatic heterocycles. The normalized spacial score (nSPS) is 10.8. The fraction of sp³-hybridized carbons (Fsp3) is 0.455. The number of halogens is 1. The molecule has 8 heteroatoms. The first-order valence-corrected chi connectivity index (χ1v) is 10.7. The number of carbonyl (C=O) groups is 2. The Morgan fingerprint density at radius 3 is 2.50 bits per heavy atom. The van der Waals surface area contributed by atoms with Crippen LogP contribution in [-0.4, -0.2) is 52.9 Å². The molecule has 0 aliphatic rings. The Morgan fingerprint density at radius 2 is 1.83 bits per heavy atom. The first-order chi connectivity index (χ1) is 14.4. The van der Waals surface area contributed by atoms with E-state index in [9.17, 15) is 9.59 Å². The fourth-order valence-corrected chi connectivity index (χ4v) is 3.09. The third-order valence-electron chi connectivity index (χ3n) is 4.70. The second-order valence-electron chi connectivity index (χ2n) is 7.08. The smallest absolute Gasteiger partial charge is 0.275 e. The SMILES string of the molecule is CCCCN(CC)CCCNC(=O)c1cc(Cl)ccc1NC(=O)c1cnc(C)cn1. The van der Waals surface area contributed by atoms with Gasteiger partial charge in [0.2, 0.25) is 0 Å². The summed E-state index contributed by atoms with van der Waals surface area (Å²) >= 11 is 6.08. The van der Waals surface area contributed by atoms with Crippen molar-refractivity contribution in [3.05, 3.63) is 52.6 Å². The molecule has 0 atom stereocenters. The zero-order valence-corrected chi connectivity index (χ0v) is 18.6. The Morgan fingerprint density at radius 1 is 1.07 bits per heavy atom. The topological polar surface area (TPSA) is 87.2 Å². The third-order valence-corrected chi connectivity index (χ3v) is 4.93. The lowest BCUT2D eigenvalue weighted by atomic mass is 10.1. The van der Waals surface area contributed by atoms with E-state index in [2.05, 4.69) is 39.3 Å². The number of nitrogens with one attached hydrogen (secondary N) is 2. The zero-order chi connectivity index (χ0) is 21.9. The van der Waals surface area contributed by atoms with Crippen molar-refractivity contribution in [2.75, 3.05) is 31.5 Å². The van der Waals surface area contributed by atoms with Crippen LogP contribution in [0.15, 0.2) is 30.6 Å². The van der Waals surface area contributed by atoms with Gasteiger partial charge in [-0.05, 0) is 57.6 Å². The van der Waals surface area contributed by atoms with Crippen molar-refractivity contribution in [1.82, 2.24) is 20.2 Å². The van der Waals surface area contributed by atoms with Crippen LogP contribution in [0.4, 0.5) is 5.69 Å². The number of rotatable bonds is 11. The zero-order valence-electron chi connectivity index (χ0n) is 17.9. The second-order valence-corrected chi connectivity index (χ2v) is 7.52. The number of benzene rings is 1. The summed E-state index contributed by atoms with van der Waals surface area (Å²) in [7, 11) is 0. The summed E-state index contributed by atoms with van der Waals surface area (Å²) in [6.07, 6.45) is 6.12. The van der Waals surface area contributed by atoms with Crippen molar-refractivity contribution in [2.24, 2.45) is 0 Å². The highest BCUT2D eigenvalue weighted by Crippen LogP contribution is 2.21. The predicted octanol–water partition coefficient (Wildman–Crippen LogP) is 3.93. The molecule has 1 aromatic heterocycles. The van der Waals surface area contributed by atoms with Crippen LogP contribution < -0.4 is 10.6 Å². The van der Waals surface area contributed by atoms with Crippen LogP contribution in [0, 0.1) is 6.92 Å². The second kappa shape index (κ2) is 12.2. The largest absolute Gasteiger partial charge is 0.352 e. The van der Waals surface area contributed by atoms with E-state index >= 15 is 0 Å². The summed E-state index contributed by atoms with van der Waals surface area (Å²) in [6, 6.07) is 4.79. The Balaban J connectivity index is 1.97. The summed E-state index contributed by atoms with van der Waals surface area (Å²) in [5.74, 6) is -0.715. The van der Waals surface area contributed by atoms with Crippen molar-refractivity contribution in [2.45, 2.75) is 40.0 Å². The van der Waals surface area contributed by atoms with Crippen LogP contribution in [0.5, 0.6) is 0 Å². The van der Waals surface area contributed by atoms with E-state index < -0.39 is 5.91 Å². The first-order valence-electron chi connectivity index (χ1n) is 10.3. The van der Waals surface area contributed by atoms with Gasteiger partial charge in [-0.2, -0.15) is 0 Å². The number of carbonyl (C=O) groups excluding carboxylic acids is 2. The van der Waals surface area contributed by atoms with E-state index in [1.807, 2.05) is 0 Å². The highest BCUT2D eigenvalue weighted by molar-refractivity contribution is 6.31. The van der Waals surface area contributed by atoms with Gasteiger partial charge in [0.05, 0.1) is 23.1 Å². The molecule has 2 amide bonds. The molecule has 2 aromatic rings. The van der Waals surface area contributed by atoms with Gasteiger partial charge in [0.25, 0.3) is 11.8 Å². The summed E-state index contributed by atoms with van der Waals surface area (Å²) in [5.41, 5.74) is 1.58. The predicted molar refractivity (Wildman–Crippen MR) is 120 cm³/mol. The molecule has 162 valence electrons. The number of amides is 2. The van der Waals surface area contributed by atoms with Gasteiger partial charge in [0.1, 0.15) is 5.69 Å². The molecule has 30 heavy (non-hydrogen) atoms. The maximum absolute atomic E-state index is 12.7. The maximum atomic E-state index is 12.7. The Hall–Kier alpha value is -2.51. The van der Waals surface area contributed by atoms with Gasteiger partial charge >= 0.3 is 0 Å². The van der Waals surface area contributed by atoms with Crippen LogP contribution in [0.25, 0.3) is 0 Å². The van der Waals surface area contributed by atoms with Gasteiger partial charge in [-0.15, -0.1) is 0 Å². The lowest BCUT2D eigenvalue weighted by Gasteiger charge is -2.20. The van der Waals surface area contributed by atoms with Crippen molar-refractivity contribution in [3.8, 4) is 0 Å². The first kappa shape index (κ1) is 23.8. The molecule has 0 saturated carbocycles. The number of nitrogens with zero attached hydrogens (tertiary/aromatic N) is 3. The lowest BCUT2D eigenvalue weighted by Crippen LogP contribution is -2.31. The molecule has 0 bridgehead atoms. The average molecular weight is 432 g/mol. The molecule has 1 heterocycles. The Bertz CT molecular complexity index is 842. The molecule has 0 fully saturated rings. The van der Waals surface area contributed by atoms with Gasteiger partial charge < -0.3 is 15.5 Å². The van der Waals surface area contributed by atoms with E-state index in [1.54, 1.807) is 25.1 Å². The summed E-state index contributed by atoms with van der Waals surface area (Å²) < 4.78 is 0. The summed E-state index contributed by atoms with van der Waals surface area (Å²) in [5, 5.41) is 6.07. The van der Waals surface area contributed by atoms with E-state index in [4.69, 9.17) is 11.6 Å². The van der Waals surface area contributed by atoms with Crippen LogP contribution in [0.3, 0.4) is 0 Å². The molecule has 7 nitrogen and oxygen atoms in total. The minimum Gasteiger partial charge on any atom is -0.352 e. The minimum atomic E-state index is -0.437. The molecule has 1 aromatic carbocycles. The number of anilines is 1. The quantitative estimate of drug-likeness (QED) is 0.526. The Kier molecular flexibility index (Phi) is 9.70. The van der Waals surface area contributed by atoms with Crippen LogP contribution in [0.2, 0.25) is 5.02 Å². The van der Waals surface area contributed by atoms with Crippen LogP contribution in [-0.2, 0) is 0 Å². The van der Waals surface area contributed by atoms with Crippen molar-refractivity contribution >= 4 is 29.1 Å². The summed E-state index contributed by atoms with van der Waals surface area (Å²) in [6.45, 7) is 9.68. The highest BCUT2D eigenvalue weighted by atomic mass is 35.5. The van der Waals surface area contributed by atoms with E-state index in [0.717, 1.165) is 31.7 Å². The van der Waals surface area contributed by atoms with E-state index in [-0.39, 0.29) is 11.6 Å². The van der Waals surface area contributed by atoms with Gasteiger partial charge in [-0.25, -0.2) is 4.98 Å². The molecule has 0 saturated heterocycles. The molecular formula is C22H30ClN5O2. The van der Waals surface area contributed by atoms with Crippen LogP contribution in [0.1, 0.15) is 59.7 Å². The van der Waals surface area contributed by atoms with Gasteiger partial charge in [-0.3, -0.25) is 14.6 Å². The van der Waals surface area contributed by atoms with Gasteiger partial charge in [-0.1, -0.05) is 31.9 Å². The highest BCUT2D eigenvalue weighted by Gasteiger charge is 2.16. The van der Waals surface area contributed by atoms with Crippen molar-refractivity contribution in [3.63, 3.8) is 0 Å². The number of hydrogen-bond acceptors (Lipinski definition) is 5. The third kappa shape index (κ3) is 7.39. The Labute approximate surface area is 183 Å². The molecular weight excluding hydrogens is 402 g/mol. The lowest BCUT2D eigenvalue weighted by molar-refractivity contribution is 0.0952. The maximum Gasteiger partial charge on any atom is 0.275 e. The average Bonchev–Trinajstić information content (AvgIpc) is 2.74. The van der Waals surface area contributed by atoms with E-state index in [0.29, 0.717) is 22.8 Å². The van der Waals surface area contributed by atoms with Gasteiger partial charge in [0.15, 0.2) is 0 Å². The monoisotopic (exact) mass is 431 g/mol. The van der Waals surface area contributed by atoms with Crippen molar-refractivity contribution < 1.29 is 9.59 Å².